The lowest BCUT2D eigenvalue weighted by Crippen LogP contribution is -2.08. The van der Waals surface area contributed by atoms with E-state index in [1.165, 1.54) is 0 Å². The molecule has 2 rings (SSSR count). The summed E-state index contributed by atoms with van der Waals surface area (Å²) >= 11 is 9.39. The second-order valence-electron chi connectivity index (χ2n) is 3.62. The third-order valence-electron chi connectivity index (χ3n) is 2.36. The van der Waals surface area contributed by atoms with Gasteiger partial charge in [0.15, 0.2) is 11.0 Å². The largest absolute Gasteiger partial charge is 0.361 e. The van der Waals surface area contributed by atoms with Crippen molar-refractivity contribution in [3.8, 4) is 0 Å². The molecule has 1 aromatic carbocycles. The van der Waals surface area contributed by atoms with Gasteiger partial charge in [-0.2, -0.15) is 0 Å². The number of hydrogen-bond acceptors (Lipinski definition) is 3. The summed E-state index contributed by atoms with van der Waals surface area (Å²) in [5.41, 5.74) is 1.15. The number of benzene rings is 1. The van der Waals surface area contributed by atoms with Crippen molar-refractivity contribution in [2.75, 3.05) is 5.32 Å². The maximum atomic E-state index is 5.94. The van der Waals surface area contributed by atoms with Crippen molar-refractivity contribution in [1.29, 1.82) is 0 Å². The highest BCUT2D eigenvalue weighted by Crippen LogP contribution is 2.23. The smallest absolute Gasteiger partial charge is 0.171 e. The highest BCUT2D eigenvalue weighted by molar-refractivity contribution is 9.10. The van der Waals surface area contributed by atoms with E-state index >= 15 is 0 Å². The third-order valence-corrected chi connectivity index (χ3v) is 3.13. The Bertz CT molecular complexity index is 519. The molecule has 17 heavy (non-hydrogen) atoms. The van der Waals surface area contributed by atoms with Crippen LogP contribution in [0.5, 0.6) is 0 Å². The molecule has 1 atom stereocenters. The van der Waals surface area contributed by atoms with Crippen LogP contribution in [-0.4, -0.2) is 9.97 Å². The van der Waals surface area contributed by atoms with Crippen molar-refractivity contribution in [2.45, 2.75) is 13.0 Å². The number of halogens is 2. The van der Waals surface area contributed by atoms with E-state index in [2.05, 4.69) is 37.3 Å². The summed E-state index contributed by atoms with van der Waals surface area (Å²) in [7, 11) is 0. The second-order valence-corrected chi connectivity index (χ2v) is 4.89. The molecule has 0 saturated heterocycles. The van der Waals surface area contributed by atoms with Crippen LogP contribution in [-0.2, 0) is 0 Å². The van der Waals surface area contributed by atoms with Crippen LogP contribution in [0.4, 0.5) is 5.82 Å². The van der Waals surface area contributed by atoms with E-state index in [-0.39, 0.29) is 6.04 Å². The van der Waals surface area contributed by atoms with Crippen molar-refractivity contribution < 1.29 is 0 Å². The van der Waals surface area contributed by atoms with Gasteiger partial charge in [-0.15, -0.1) is 0 Å². The molecule has 1 unspecified atom stereocenters. The van der Waals surface area contributed by atoms with Gasteiger partial charge in [0.05, 0.1) is 6.04 Å². The highest BCUT2D eigenvalue weighted by atomic mass is 79.9. The predicted octanol–water partition coefficient (Wildman–Crippen LogP) is 4.07. The zero-order chi connectivity index (χ0) is 12.3. The maximum absolute atomic E-state index is 5.94. The topological polar surface area (TPSA) is 37.8 Å². The van der Waals surface area contributed by atoms with Gasteiger partial charge in [0.1, 0.15) is 0 Å². The fourth-order valence-corrected chi connectivity index (χ4v) is 2.06. The molecule has 0 radical (unpaired) electrons. The summed E-state index contributed by atoms with van der Waals surface area (Å²) in [6.45, 7) is 2.05. The van der Waals surface area contributed by atoms with Crippen LogP contribution in [0.25, 0.3) is 0 Å². The lowest BCUT2D eigenvalue weighted by atomic mass is 10.1. The van der Waals surface area contributed by atoms with E-state index in [0.29, 0.717) is 11.0 Å². The van der Waals surface area contributed by atoms with Crippen LogP contribution < -0.4 is 5.32 Å². The molecule has 0 aliphatic rings. The minimum atomic E-state index is 0.113. The summed E-state index contributed by atoms with van der Waals surface area (Å²) in [5, 5.41) is 3.61. The Labute approximate surface area is 113 Å². The van der Waals surface area contributed by atoms with Crippen molar-refractivity contribution in [2.24, 2.45) is 0 Å². The first-order chi connectivity index (χ1) is 8.16. The summed E-state index contributed by atoms with van der Waals surface area (Å²) < 4.78 is 1.05. The molecule has 0 saturated carbocycles. The van der Waals surface area contributed by atoms with Crippen molar-refractivity contribution in [1.82, 2.24) is 9.97 Å². The summed E-state index contributed by atoms with van der Waals surface area (Å²) in [5.74, 6) is 0.599. The fraction of sp³-hybridized carbons (Fsp3) is 0.167. The van der Waals surface area contributed by atoms with Crippen LogP contribution in [0.1, 0.15) is 18.5 Å². The summed E-state index contributed by atoms with van der Waals surface area (Å²) in [4.78, 5) is 8.12. The van der Waals surface area contributed by atoms with Gasteiger partial charge in [-0.25, -0.2) is 9.97 Å². The molecule has 0 fully saturated rings. The van der Waals surface area contributed by atoms with Gasteiger partial charge in [-0.3, -0.25) is 0 Å². The zero-order valence-electron chi connectivity index (χ0n) is 9.19. The number of hydrogen-bond donors (Lipinski definition) is 1. The molecule has 0 aliphatic heterocycles. The van der Waals surface area contributed by atoms with Crippen molar-refractivity contribution in [3.63, 3.8) is 0 Å². The Morgan fingerprint density at radius 1 is 1.29 bits per heavy atom. The normalized spacial score (nSPS) is 12.2. The first-order valence-corrected chi connectivity index (χ1v) is 6.32. The molecule has 0 spiro atoms. The zero-order valence-corrected chi connectivity index (χ0v) is 11.5. The summed E-state index contributed by atoms with van der Waals surface area (Å²) in [6, 6.07) is 8.21. The molecule has 0 amide bonds. The standard InChI is InChI=1S/C12H11BrClN3/c1-8(9-3-2-4-10(13)7-9)17-12-11(14)15-5-6-16-12/h2-8H,1H3,(H,16,17). The van der Waals surface area contributed by atoms with Crippen LogP contribution in [0.2, 0.25) is 5.15 Å². The van der Waals surface area contributed by atoms with Gasteiger partial charge in [0.25, 0.3) is 0 Å². The number of nitrogens with zero attached hydrogens (tertiary/aromatic N) is 2. The first kappa shape index (κ1) is 12.3. The van der Waals surface area contributed by atoms with E-state index in [1.807, 2.05) is 25.1 Å². The van der Waals surface area contributed by atoms with E-state index in [9.17, 15) is 0 Å². The van der Waals surface area contributed by atoms with Gasteiger partial charge in [0, 0.05) is 16.9 Å². The van der Waals surface area contributed by atoms with Gasteiger partial charge in [0.2, 0.25) is 0 Å². The molecule has 0 aliphatic carbocycles. The van der Waals surface area contributed by atoms with E-state index in [4.69, 9.17) is 11.6 Å². The molecular weight excluding hydrogens is 302 g/mol. The third kappa shape index (κ3) is 3.17. The average molecular weight is 313 g/mol. The van der Waals surface area contributed by atoms with Crippen LogP contribution in [0, 0.1) is 0 Å². The Hall–Kier alpha value is -1.13. The van der Waals surface area contributed by atoms with Gasteiger partial charge < -0.3 is 5.32 Å². The fourth-order valence-electron chi connectivity index (χ4n) is 1.48. The lowest BCUT2D eigenvalue weighted by molar-refractivity contribution is 0.870. The molecule has 1 heterocycles. The van der Waals surface area contributed by atoms with Crippen LogP contribution >= 0.6 is 27.5 Å². The quantitative estimate of drug-likeness (QED) is 0.928. The Morgan fingerprint density at radius 3 is 2.76 bits per heavy atom. The number of anilines is 1. The molecular formula is C12H11BrClN3. The Morgan fingerprint density at radius 2 is 2.06 bits per heavy atom. The molecule has 0 bridgehead atoms. The van der Waals surface area contributed by atoms with Crippen molar-refractivity contribution >= 4 is 33.3 Å². The predicted molar refractivity (Wildman–Crippen MR) is 73.2 cm³/mol. The monoisotopic (exact) mass is 311 g/mol. The molecule has 88 valence electrons. The highest BCUT2D eigenvalue weighted by Gasteiger charge is 2.09. The van der Waals surface area contributed by atoms with Gasteiger partial charge in [-0.1, -0.05) is 39.7 Å². The number of nitrogens with one attached hydrogen (secondary N) is 1. The number of rotatable bonds is 3. The SMILES string of the molecule is CC(Nc1nccnc1Cl)c1cccc(Br)c1. The van der Waals surface area contributed by atoms with E-state index < -0.39 is 0 Å². The molecule has 2 aromatic rings. The average Bonchev–Trinajstić information content (AvgIpc) is 2.32. The van der Waals surface area contributed by atoms with Crippen LogP contribution in [0.15, 0.2) is 41.1 Å². The molecule has 1 aromatic heterocycles. The maximum Gasteiger partial charge on any atom is 0.171 e. The molecule has 1 N–H and O–H groups in total. The van der Waals surface area contributed by atoms with E-state index in [1.54, 1.807) is 12.4 Å². The number of aromatic nitrogens is 2. The Balaban J connectivity index is 2.17. The molecule has 3 nitrogen and oxygen atoms in total. The lowest BCUT2D eigenvalue weighted by Gasteiger charge is -2.15. The minimum Gasteiger partial charge on any atom is -0.361 e. The Kier molecular flexibility index (Phi) is 3.97. The minimum absolute atomic E-state index is 0.113. The summed E-state index contributed by atoms with van der Waals surface area (Å²) in [6.07, 6.45) is 3.18. The second kappa shape index (κ2) is 5.47. The van der Waals surface area contributed by atoms with Crippen molar-refractivity contribution in [3.05, 3.63) is 51.8 Å². The van der Waals surface area contributed by atoms with Gasteiger partial charge >= 0.3 is 0 Å². The van der Waals surface area contributed by atoms with Gasteiger partial charge in [-0.05, 0) is 24.6 Å². The van der Waals surface area contributed by atoms with Crippen LogP contribution in [0.3, 0.4) is 0 Å². The van der Waals surface area contributed by atoms with E-state index in [0.717, 1.165) is 10.0 Å². The first-order valence-electron chi connectivity index (χ1n) is 5.15. The molecule has 5 heteroatoms.